The number of hydrogen-bond acceptors (Lipinski definition) is 2. The van der Waals surface area contributed by atoms with Crippen LogP contribution in [0.25, 0.3) is 22.4 Å². The van der Waals surface area contributed by atoms with Gasteiger partial charge in [-0.25, -0.2) is 4.98 Å². The van der Waals surface area contributed by atoms with Gasteiger partial charge in [-0.3, -0.25) is 0 Å². The zero-order chi connectivity index (χ0) is 13.2. The zero-order valence-corrected chi connectivity index (χ0v) is 11.1. The monoisotopic (exact) mass is 252 g/mol. The summed E-state index contributed by atoms with van der Waals surface area (Å²) >= 11 is 0. The third kappa shape index (κ3) is 2.19. The maximum absolute atomic E-state index is 5.65. The van der Waals surface area contributed by atoms with Crippen LogP contribution < -0.4 is 4.74 Å². The van der Waals surface area contributed by atoms with Crippen LogP contribution in [0.15, 0.2) is 42.5 Å². The smallest absolute Gasteiger partial charge is 0.142 e. The number of nitrogens with one attached hydrogen (secondary N) is 1. The summed E-state index contributed by atoms with van der Waals surface area (Å²) in [5.41, 5.74) is 4.26. The van der Waals surface area contributed by atoms with Crippen molar-refractivity contribution >= 4 is 11.0 Å². The fourth-order valence-electron chi connectivity index (χ4n) is 2.19. The fourth-order valence-corrected chi connectivity index (χ4v) is 2.19. The Morgan fingerprint density at radius 3 is 2.84 bits per heavy atom. The average molecular weight is 252 g/mol. The van der Waals surface area contributed by atoms with Gasteiger partial charge in [-0.2, -0.15) is 0 Å². The Labute approximate surface area is 112 Å². The highest BCUT2D eigenvalue weighted by Gasteiger charge is 2.10. The highest BCUT2D eigenvalue weighted by atomic mass is 16.5. The molecule has 0 amide bonds. The summed E-state index contributed by atoms with van der Waals surface area (Å²) in [7, 11) is 0. The van der Waals surface area contributed by atoms with Gasteiger partial charge < -0.3 is 9.72 Å². The summed E-state index contributed by atoms with van der Waals surface area (Å²) < 4.78 is 5.65. The number of aromatic nitrogens is 2. The molecule has 1 N–H and O–H groups in total. The number of imidazole rings is 1. The Morgan fingerprint density at radius 2 is 2.00 bits per heavy atom. The lowest BCUT2D eigenvalue weighted by Gasteiger charge is -2.07. The van der Waals surface area contributed by atoms with Crippen molar-refractivity contribution in [2.75, 3.05) is 6.61 Å². The molecule has 3 nitrogen and oxygen atoms in total. The first kappa shape index (κ1) is 11.8. The van der Waals surface area contributed by atoms with Crippen LogP contribution >= 0.6 is 0 Å². The highest BCUT2D eigenvalue weighted by Crippen LogP contribution is 2.29. The Kier molecular flexibility index (Phi) is 2.95. The number of fused-ring (bicyclic) bond motifs is 1. The van der Waals surface area contributed by atoms with Gasteiger partial charge in [0.15, 0.2) is 0 Å². The zero-order valence-electron chi connectivity index (χ0n) is 11.1. The van der Waals surface area contributed by atoms with Gasteiger partial charge in [-0.05, 0) is 43.7 Å². The average Bonchev–Trinajstić information content (AvgIpc) is 2.82. The summed E-state index contributed by atoms with van der Waals surface area (Å²) in [6.07, 6.45) is 0. The van der Waals surface area contributed by atoms with Crippen LogP contribution in [0.5, 0.6) is 5.75 Å². The minimum Gasteiger partial charge on any atom is -0.493 e. The lowest BCUT2D eigenvalue weighted by molar-refractivity contribution is 0.341. The molecule has 96 valence electrons. The Balaban J connectivity index is 2.13. The van der Waals surface area contributed by atoms with Crippen LogP contribution in [-0.4, -0.2) is 16.6 Å². The highest BCUT2D eigenvalue weighted by molar-refractivity contribution is 5.81. The van der Waals surface area contributed by atoms with Crippen molar-refractivity contribution in [3.05, 3.63) is 48.0 Å². The molecule has 0 radical (unpaired) electrons. The number of hydrogen-bond donors (Lipinski definition) is 1. The number of rotatable bonds is 3. The van der Waals surface area contributed by atoms with Crippen LogP contribution in [0, 0.1) is 6.92 Å². The van der Waals surface area contributed by atoms with E-state index < -0.39 is 0 Å². The SMILES string of the molecule is CCOc1ccccc1-c1nc2ccc(C)cc2[nH]1. The molecular weight excluding hydrogens is 236 g/mol. The van der Waals surface area contributed by atoms with Crippen molar-refractivity contribution < 1.29 is 4.74 Å². The third-order valence-electron chi connectivity index (χ3n) is 3.08. The van der Waals surface area contributed by atoms with Crippen LogP contribution in [0.1, 0.15) is 12.5 Å². The topological polar surface area (TPSA) is 37.9 Å². The number of aryl methyl sites for hydroxylation is 1. The Hall–Kier alpha value is -2.29. The molecule has 1 heterocycles. The van der Waals surface area contributed by atoms with Gasteiger partial charge in [-0.1, -0.05) is 18.2 Å². The van der Waals surface area contributed by atoms with E-state index in [0.717, 1.165) is 28.2 Å². The molecule has 0 saturated carbocycles. The number of H-pyrrole nitrogens is 1. The van der Waals surface area contributed by atoms with Crippen LogP contribution in [0.2, 0.25) is 0 Å². The largest absolute Gasteiger partial charge is 0.493 e. The number of benzene rings is 2. The lowest BCUT2D eigenvalue weighted by Crippen LogP contribution is -1.94. The molecule has 0 unspecified atom stereocenters. The van der Waals surface area contributed by atoms with E-state index in [9.17, 15) is 0 Å². The fraction of sp³-hybridized carbons (Fsp3) is 0.188. The molecule has 0 spiro atoms. The van der Waals surface area contributed by atoms with Crippen LogP contribution in [0.3, 0.4) is 0 Å². The van der Waals surface area contributed by atoms with E-state index in [2.05, 4.69) is 29.0 Å². The van der Waals surface area contributed by atoms with Crippen molar-refractivity contribution in [3.63, 3.8) is 0 Å². The summed E-state index contributed by atoms with van der Waals surface area (Å²) in [5, 5.41) is 0. The molecule has 2 aromatic carbocycles. The maximum Gasteiger partial charge on any atom is 0.142 e. The predicted molar refractivity (Wildman–Crippen MR) is 77.4 cm³/mol. The standard InChI is InChI=1S/C16H16N2O/c1-3-19-15-7-5-4-6-12(15)16-17-13-9-8-11(2)10-14(13)18-16/h4-10H,3H2,1-2H3,(H,17,18). The molecule has 3 rings (SSSR count). The van der Waals surface area contributed by atoms with Crippen molar-refractivity contribution in [1.82, 2.24) is 9.97 Å². The second-order valence-electron chi connectivity index (χ2n) is 4.54. The number of para-hydroxylation sites is 1. The van der Waals surface area contributed by atoms with Gasteiger partial charge in [0, 0.05) is 0 Å². The van der Waals surface area contributed by atoms with E-state index in [1.54, 1.807) is 0 Å². The van der Waals surface area contributed by atoms with Crippen molar-refractivity contribution in [2.24, 2.45) is 0 Å². The summed E-state index contributed by atoms with van der Waals surface area (Å²) in [5.74, 6) is 1.71. The second kappa shape index (κ2) is 4.76. The van der Waals surface area contributed by atoms with E-state index in [1.165, 1.54) is 5.56 Å². The maximum atomic E-state index is 5.65. The molecule has 0 aliphatic carbocycles. The number of aromatic amines is 1. The van der Waals surface area contributed by atoms with Gasteiger partial charge >= 0.3 is 0 Å². The van der Waals surface area contributed by atoms with E-state index in [4.69, 9.17) is 4.74 Å². The molecule has 3 heteroatoms. The van der Waals surface area contributed by atoms with Crippen molar-refractivity contribution in [2.45, 2.75) is 13.8 Å². The summed E-state index contributed by atoms with van der Waals surface area (Å²) in [4.78, 5) is 7.99. The molecule has 0 bridgehead atoms. The van der Waals surface area contributed by atoms with Gasteiger partial charge in [0.25, 0.3) is 0 Å². The molecule has 0 aliphatic rings. The third-order valence-corrected chi connectivity index (χ3v) is 3.08. The van der Waals surface area contributed by atoms with Gasteiger partial charge in [0.05, 0.1) is 23.2 Å². The molecular formula is C16H16N2O. The molecule has 0 aliphatic heterocycles. The first-order valence-corrected chi connectivity index (χ1v) is 6.46. The molecule has 3 aromatic rings. The van der Waals surface area contributed by atoms with E-state index in [-0.39, 0.29) is 0 Å². The number of nitrogens with zero attached hydrogens (tertiary/aromatic N) is 1. The Morgan fingerprint density at radius 1 is 1.16 bits per heavy atom. The molecule has 19 heavy (non-hydrogen) atoms. The normalized spacial score (nSPS) is 10.8. The minimum absolute atomic E-state index is 0.649. The summed E-state index contributed by atoms with van der Waals surface area (Å²) in [6, 6.07) is 14.2. The molecule has 0 saturated heterocycles. The van der Waals surface area contributed by atoms with Crippen LogP contribution in [-0.2, 0) is 0 Å². The number of ether oxygens (including phenoxy) is 1. The lowest BCUT2D eigenvalue weighted by atomic mass is 10.2. The van der Waals surface area contributed by atoms with Gasteiger partial charge in [0.1, 0.15) is 11.6 Å². The quantitative estimate of drug-likeness (QED) is 0.766. The van der Waals surface area contributed by atoms with Gasteiger partial charge in [0.2, 0.25) is 0 Å². The predicted octanol–water partition coefficient (Wildman–Crippen LogP) is 3.94. The molecule has 1 aromatic heterocycles. The van der Waals surface area contributed by atoms with E-state index in [0.29, 0.717) is 6.61 Å². The summed E-state index contributed by atoms with van der Waals surface area (Å²) in [6.45, 7) is 4.71. The second-order valence-corrected chi connectivity index (χ2v) is 4.54. The van der Waals surface area contributed by atoms with Crippen molar-refractivity contribution in [1.29, 1.82) is 0 Å². The molecule has 0 fully saturated rings. The Bertz CT molecular complexity index is 716. The van der Waals surface area contributed by atoms with Crippen LogP contribution in [0.4, 0.5) is 0 Å². The molecule has 0 atom stereocenters. The van der Waals surface area contributed by atoms with E-state index in [1.807, 2.05) is 37.3 Å². The van der Waals surface area contributed by atoms with Crippen molar-refractivity contribution in [3.8, 4) is 17.1 Å². The first-order chi connectivity index (χ1) is 9.28. The van der Waals surface area contributed by atoms with Gasteiger partial charge in [-0.15, -0.1) is 0 Å². The minimum atomic E-state index is 0.649. The first-order valence-electron chi connectivity index (χ1n) is 6.46. The van der Waals surface area contributed by atoms with E-state index >= 15 is 0 Å².